The molecule has 1 aromatic rings. The van der Waals surface area contributed by atoms with Crippen LogP contribution in [0.25, 0.3) is 0 Å². The number of nitrogens with two attached hydrogens (primary N) is 1. The van der Waals surface area contributed by atoms with Crippen LogP contribution in [0.5, 0.6) is 0 Å². The average molecular weight is 312 g/mol. The lowest BCUT2D eigenvalue weighted by atomic mass is 10.0. The highest BCUT2D eigenvalue weighted by molar-refractivity contribution is 7.89. The lowest BCUT2D eigenvalue weighted by Crippen LogP contribution is -2.47. The summed E-state index contributed by atoms with van der Waals surface area (Å²) in [6.07, 6.45) is 2.84. The van der Waals surface area contributed by atoms with Gasteiger partial charge in [-0.15, -0.1) is 0 Å². The zero-order chi connectivity index (χ0) is 14.9. The third kappa shape index (κ3) is 2.73. The van der Waals surface area contributed by atoms with E-state index >= 15 is 0 Å². The second kappa shape index (κ2) is 5.79. The maximum absolute atomic E-state index is 12.9. The predicted molar refractivity (Wildman–Crippen MR) is 84.1 cm³/mol. The minimum Gasteiger partial charge on any atom is -0.389 e. The monoisotopic (exact) mass is 312 g/mol. The molecule has 1 saturated heterocycles. The molecular formula is C14H20N2O2S2. The maximum atomic E-state index is 12.9. The highest BCUT2D eigenvalue weighted by Gasteiger charge is 2.36. The van der Waals surface area contributed by atoms with Crippen molar-refractivity contribution in [3.05, 3.63) is 29.8 Å². The molecule has 2 atom stereocenters. The zero-order valence-corrected chi connectivity index (χ0v) is 13.4. The Hall–Kier alpha value is -0.980. The van der Waals surface area contributed by atoms with Gasteiger partial charge in [0.15, 0.2) is 0 Å². The van der Waals surface area contributed by atoms with Gasteiger partial charge < -0.3 is 5.73 Å². The van der Waals surface area contributed by atoms with Crippen molar-refractivity contribution in [1.29, 1.82) is 0 Å². The number of hydrogen-bond donors (Lipinski definition) is 1. The first-order chi connectivity index (χ1) is 9.35. The molecule has 0 radical (unpaired) electrons. The standard InChI is InChI=1S/C14H20N2O2S2/c1-10-6-5-7-11(2)16(10)20(17,18)13-9-4-3-8-12(13)14(15)19/h3-4,8-11H,5-7H2,1-2H3,(H2,15,19)/t10-,11+. The minimum atomic E-state index is -3.57. The molecule has 0 spiro atoms. The molecule has 2 N–H and O–H groups in total. The Morgan fingerprint density at radius 1 is 1.25 bits per heavy atom. The molecule has 0 aromatic heterocycles. The first kappa shape index (κ1) is 15.4. The molecule has 1 fully saturated rings. The number of thiocarbonyl (C=S) groups is 1. The van der Waals surface area contributed by atoms with Crippen LogP contribution in [0, 0.1) is 0 Å². The van der Waals surface area contributed by atoms with Crippen LogP contribution < -0.4 is 5.73 Å². The summed E-state index contributed by atoms with van der Waals surface area (Å²) in [4.78, 5) is 0.328. The van der Waals surface area contributed by atoms with Crippen LogP contribution in [0.1, 0.15) is 38.7 Å². The number of sulfonamides is 1. The fourth-order valence-electron chi connectivity index (χ4n) is 2.88. The number of nitrogens with zero attached hydrogens (tertiary/aromatic N) is 1. The lowest BCUT2D eigenvalue weighted by molar-refractivity contribution is 0.204. The van der Waals surface area contributed by atoms with Crippen LogP contribution in [0.3, 0.4) is 0 Å². The minimum absolute atomic E-state index is 0.00292. The molecule has 0 aliphatic carbocycles. The van der Waals surface area contributed by atoms with Crippen molar-refractivity contribution in [2.45, 2.75) is 50.1 Å². The van der Waals surface area contributed by atoms with Crippen LogP contribution in [0.4, 0.5) is 0 Å². The van der Waals surface area contributed by atoms with E-state index in [1.165, 1.54) is 0 Å². The predicted octanol–water partition coefficient (Wildman–Crippen LogP) is 2.27. The topological polar surface area (TPSA) is 63.4 Å². The van der Waals surface area contributed by atoms with Crippen molar-refractivity contribution >= 4 is 27.2 Å². The van der Waals surface area contributed by atoms with Crippen molar-refractivity contribution in [2.75, 3.05) is 0 Å². The molecule has 2 rings (SSSR count). The van der Waals surface area contributed by atoms with Gasteiger partial charge in [-0.25, -0.2) is 8.42 Å². The fraction of sp³-hybridized carbons (Fsp3) is 0.500. The third-order valence-electron chi connectivity index (χ3n) is 3.82. The first-order valence-corrected chi connectivity index (χ1v) is 8.63. The SMILES string of the molecule is C[C@@H]1CCC[C@H](C)N1S(=O)(=O)c1ccccc1C(N)=S. The summed E-state index contributed by atoms with van der Waals surface area (Å²) < 4.78 is 27.5. The molecule has 0 unspecified atom stereocenters. The van der Waals surface area contributed by atoms with Gasteiger partial charge in [0.25, 0.3) is 0 Å². The van der Waals surface area contributed by atoms with Gasteiger partial charge in [0, 0.05) is 17.6 Å². The van der Waals surface area contributed by atoms with E-state index in [0.717, 1.165) is 19.3 Å². The Bertz CT molecular complexity index is 603. The largest absolute Gasteiger partial charge is 0.389 e. The third-order valence-corrected chi connectivity index (χ3v) is 6.23. The number of piperidine rings is 1. The van der Waals surface area contributed by atoms with Crippen molar-refractivity contribution in [1.82, 2.24) is 4.31 Å². The Morgan fingerprint density at radius 2 is 1.80 bits per heavy atom. The number of rotatable bonds is 3. The van der Waals surface area contributed by atoms with Crippen LogP contribution >= 0.6 is 12.2 Å². The first-order valence-electron chi connectivity index (χ1n) is 6.78. The highest BCUT2D eigenvalue weighted by atomic mass is 32.2. The van der Waals surface area contributed by atoms with E-state index in [4.69, 9.17) is 18.0 Å². The van der Waals surface area contributed by atoms with E-state index in [2.05, 4.69) is 0 Å². The molecule has 0 bridgehead atoms. The summed E-state index contributed by atoms with van der Waals surface area (Å²) in [7, 11) is -3.57. The van der Waals surface area contributed by atoms with Gasteiger partial charge in [0.1, 0.15) is 4.99 Å². The van der Waals surface area contributed by atoms with Crippen molar-refractivity contribution in [2.24, 2.45) is 5.73 Å². The van der Waals surface area contributed by atoms with Crippen molar-refractivity contribution in [3.63, 3.8) is 0 Å². The Kier molecular flexibility index (Phi) is 4.46. The molecule has 1 aromatic carbocycles. The van der Waals surface area contributed by atoms with E-state index < -0.39 is 10.0 Å². The summed E-state index contributed by atoms with van der Waals surface area (Å²) in [6, 6.07) is 6.70. The van der Waals surface area contributed by atoms with Crippen LogP contribution in [0.2, 0.25) is 0 Å². The van der Waals surface area contributed by atoms with Gasteiger partial charge in [-0.05, 0) is 32.8 Å². The smallest absolute Gasteiger partial charge is 0.244 e. The van der Waals surface area contributed by atoms with Crippen LogP contribution in [0.15, 0.2) is 29.2 Å². The summed E-state index contributed by atoms with van der Waals surface area (Å²) in [5, 5.41) is 0. The Balaban J connectivity index is 2.52. The molecule has 110 valence electrons. The second-order valence-corrected chi connectivity index (χ2v) is 7.58. The lowest BCUT2D eigenvalue weighted by Gasteiger charge is -2.38. The molecule has 1 aliphatic heterocycles. The van der Waals surface area contributed by atoms with Crippen LogP contribution in [-0.2, 0) is 10.0 Å². The summed E-state index contributed by atoms with van der Waals surface area (Å²) in [6.45, 7) is 3.91. The van der Waals surface area contributed by atoms with Crippen molar-refractivity contribution < 1.29 is 8.42 Å². The van der Waals surface area contributed by atoms with E-state index in [0.29, 0.717) is 5.56 Å². The van der Waals surface area contributed by atoms with E-state index in [1.54, 1.807) is 28.6 Å². The van der Waals surface area contributed by atoms with E-state index in [9.17, 15) is 8.42 Å². The molecule has 20 heavy (non-hydrogen) atoms. The Labute approximate surface area is 126 Å². The van der Waals surface area contributed by atoms with Gasteiger partial charge in [-0.3, -0.25) is 0 Å². The van der Waals surface area contributed by atoms with Gasteiger partial charge in [-0.1, -0.05) is 36.8 Å². The molecule has 0 amide bonds. The molecule has 4 nitrogen and oxygen atoms in total. The zero-order valence-electron chi connectivity index (χ0n) is 11.7. The van der Waals surface area contributed by atoms with Crippen molar-refractivity contribution in [3.8, 4) is 0 Å². The normalized spacial score (nSPS) is 24.5. The molecule has 6 heteroatoms. The van der Waals surface area contributed by atoms with Gasteiger partial charge in [0.2, 0.25) is 10.0 Å². The van der Waals surface area contributed by atoms with E-state index in [-0.39, 0.29) is 22.0 Å². The summed E-state index contributed by atoms with van der Waals surface area (Å²) >= 11 is 4.97. The average Bonchev–Trinajstić information content (AvgIpc) is 2.38. The maximum Gasteiger partial charge on any atom is 0.244 e. The second-order valence-electron chi connectivity index (χ2n) is 5.32. The van der Waals surface area contributed by atoms with Gasteiger partial charge in [-0.2, -0.15) is 4.31 Å². The molecule has 1 heterocycles. The number of benzene rings is 1. The molecular weight excluding hydrogens is 292 g/mol. The van der Waals surface area contributed by atoms with Gasteiger partial charge in [0.05, 0.1) is 4.90 Å². The van der Waals surface area contributed by atoms with Gasteiger partial charge >= 0.3 is 0 Å². The Morgan fingerprint density at radius 3 is 2.35 bits per heavy atom. The number of hydrogen-bond acceptors (Lipinski definition) is 3. The fourth-order valence-corrected chi connectivity index (χ4v) is 5.21. The van der Waals surface area contributed by atoms with E-state index in [1.807, 2.05) is 13.8 Å². The molecule has 0 saturated carbocycles. The summed E-state index contributed by atoms with van der Waals surface area (Å²) in [5.74, 6) is 0. The quantitative estimate of drug-likeness (QED) is 0.870. The highest BCUT2D eigenvalue weighted by Crippen LogP contribution is 2.30. The van der Waals surface area contributed by atoms with Crippen LogP contribution in [-0.4, -0.2) is 29.8 Å². The summed E-state index contributed by atoms with van der Waals surface area (Å²) in [5.41, 5.74) is 6.08. The molecule has 1 aliphatic rings.